The highest BCUT2D eigenvalue weighted by atomic mass is 19.1. The van der Waals surface area contributed by atoms with E-state index in [4.69, 9.17) is 14.2 Å². The molecule has 0 N–H and O–H groups in total. The minimum Gasteiger partial charge on any atom is -0.493 e. The maximum absolute atomic E-state index is 13.8. The Morgan fingerprint density at radius 3 is 2.50 bits per heavy atom. The third kappa shape index (κ3) is 2.85. The molecule has 3 atom stereocenters. The van der Waals surface area contributed by atoms with E-state index in [1.807, 2.05) is 12.1 Å². The standard InChI is InChI=1S/C21H24FNO3/c1-23-9-5-8-17-20(23)15-11-18(24-2)19(25-3)12-16(15)21(26-17)13-6-4-7-14(22)10-13/h4,6-7,10-12,17,20-21H,5,8-9H2,1-3H3/t17-,20-,21?/m1/s1. The Hall–Kier alpha value is -2.11. The van der Waals surface area contributed by atoms with Gasteiger partial charge in [0.25, 0.3) is 0 Å². The van der Waals surface area contributed by atoms with Gasteiger partial charge in [0.15, 0.2) is 11.5 Å². The smallest absolute Gasteiger partial charge is 0.161 e. The molecule has 2 heterocycles. The van der Waals surface area contributed by atoms with Gasteiger partial charge in [-0.1, -0.05) is 12.1 Å². The Balaban J connectivity index is 1.89. The Morgan fingerprint density at radius 2 is 1.81 bits per heavy atom. The topological polar surface area (TPSA) is 30.9 Å². The third-order valence-electron chi connectivity index (χ3n) is 5.48. The van der Waals surface area contributed by atoms with Crippen molar-refractivity contribution in [2.24, 2.45) is 0 Å². The van der Waals surface area contributed by atoms with Gasteiger partial charge in [-0.15, -0.1) is 0 Å². The molecule has 0 amide bonds. The van der Waals surface area contributed by atoms with Crippen molar-refractivity contribution in [3.05, 3.63) is 58.9 Å². The van der Waals surface area contributed by atoms with Crippen molar-refractivity contribution >= 4 is 0 Å². The highest BCUT2D eigenvalue weighted by Crippen LogP contribution is 2.48. The van der Waals surface area contributed by atoms with Gasteiger partial charge in [0, 0.05) is 0 Å². The van der Waals surface area contributed by atoms with E-state index >= 15 is 0 Å². The molecule has 2 aliphatic rings. The zero-order chi connectivity index (χ0) is 18.3. The summed E-state index contributed by atoms with van der Waals surface area (Å²) in [7, 11) is 5.40. The van der Waals surface area contributed by atoms with E-state index in [0.717, 1.165) is 30.5 Å². The van der Waals surface area contributed by atoms with Crippen LogP contribution in [0.2, 0.25) is 0 Å². The van der Waals surface area contributed by atoms with E-state index in [-0.39, 0.29) is 24.1 Å². The van der Waals surface area contributed by atoms with Gasteiger partial charge in [0.2, 0.25) is 0 Å². The molecule has 138 valence electrons. The van der Waals surface area contributed by atoms with Crippen molar-refractivity contribution in [3.8, 4) is 11.5 Å². The fourth-order valence-corrected chi connectivity index (χ4v) is 4.27. The molecule has 1 fully saturated rings. The second-order valence-electron chi connectivity index (χ2n) is 7.01. The molecule has 26 heavy (non-hydrogen) atoms. The average molecular weight is 357 g/mol. The first-order valence-electron chi connectivity index (χ1n) is 8.99. The summed E-state index contributed by atoms with van der Waals surface area (Å²) >= 11 is 0. The first-order chi connectivity index (χ1) is 12.6. The van der Waals surface area contributed by atoms with Crippen LogP contribution in [0.3, 0.4) is 0 Å². The summed E-state index contributed by atoms with van der Waals surface area (Å²) in [6, 6.07) is 10.9. The molecule has 4 nitrogen and oxygen atoms in total. The Kier molecular flexibility index (Phi) is 4.59. The van der Waals surface area contributed by atoms with Crippen molar-refractivity contribution in [2.75, 3.05) is 27.8 Å². The van der Waals surface area contributed by atoms with Crippen LogP contribution in [0.25, 0.3) is 0 Å². The minimum atomic E-state index is -0.312. The van der Waals surface area contributed by atoms with Crippen molar-refractivity contribution in [3.63, 3.8) is 0 Å². The summed E-state index contributed by atoms with van der Waals surface area (Å²) in [4.78, 5) is 2.33. The number of likely N-dealkylation sites (N-methyl/N-ethyl adjacent to an activating group) is 1. The predicted octanol–water partition coefficient (Wildman–Crippen LogP) is 4.10. The molecule has 2 aliphatic heterocycles. The highest BCUT2D eigenvalue weighted by molar-refractivity contribution is 5.52. The molecule has 4 rings (SSSR count). The predicted molar refractivity (Wildman–Crippen MR) is 97.3 cm³/mol. The van der Waals surface area contributed by atoms with Crippen molar-refractivity contribution < 1.29 is 18.6 Å². The second-order valence-corrected chi connectivity index (χ2v) is 7.01. The average Bonchev–Trinajstić information content (AvgIpc) is 2.66. The number of likely N-dealkylation sites (tertiary alicyclic amines) is 1. The Bertz CT molecular complexity index is 810. The van der Waals surface area contributed by atoms with Gasteiger partial charge >= 0.3 is 0 Å². The normalized spacial score (nSPS) is 25.3. The monoisotopic (exact) mass is 357 g/mol. The van der Waals surface area contributed by atoms with E-state index in [9.17, 15) is 4.39 Å². The summed E-state index contributed by atoms with van der Waals surface area (Å²) in [6.45, 7) is 1.03. The lowest BCUT2D eigenvalue weighted by Crippen LogP contribution is -2.44. The van der Waals surface area contributed by atoms with Gasteiger partial charge in [-0.25, -0.2) is 4.39 Å². The van der Waals surface area contributed by atoms with Crippen molar-refractivity contribution in [1.82, 2.24) is 4.90 Å². The number of hydrogen-bond donors (Lipinski definition) is 0. The van der Waals surface area contributed by atoms with Crippen molar-refractivity contribution in [1.29, 1.82) is 0 Å². The molecule has 0 aromatic heterocycles. The van der Waals surface area contributed by atoms with Crippen LogP contribution in [-0.2, 0) is 4.74 Å². The van der Waals surface area contributed by atoms with Gasteiger partial charge in [-0.05, 0) is 67.4 Å². The summed E-state index contributed by atoms with van der Waals surface area (Å²) in [5.41, 5.74) is 3.02. The lowest BCUT2D eigenvalue weighted by atomic mass is 9.83. The van der Waals surface area contributed by atoms with Crippen LogP contribution in [0.5, 0.6) is 11.5 Å². The molecule has 1 unspecified atom stereocenters. The first kappa shape index (κ1) is 17.3. The molecule has 0 bridgehead atoms. The Morgan fingerprint density at radius 1 is 1.08 bits per heavy atom. The number of ether oxygens (including phenoxy) is 3. The number of hydrogen-bond acceptors (Lipinski definition) is 4. The van der Waals surface area contributed by atoms with E-state index in [0.29, 0.717) is 11.5 Å². The maximum atomic E-state index is 13.8. The quantitative estimate of drug-likeness (QED) is 0.828. The number of benzene rings is 2. The van der Waals surface area contributed by atoms with E-state index in [1.54, 1.807) is 26.4 Å². The molecule has 0 spiro atoms. The minimum absolute atomic E-state index is 0.0765. The van der Waals surface area contributed by atoms with Crippen LogP contribution in [0.1, 0.15) is 41.7 Å². The number of fused-ring (bicyclic) bond motifs is 3. The van der Waals surface area contributed by atoms with Gasteiger partial charge in [0.1, 0.15) is 11.9 Å². The molecular weight excluding hydrogens is 333 g/mol. The van der Waals surface area contributed by atoms with Crippen LogP contribution in [-0.4, -0.2) is 38.8 Å². The first-order valence-corrected chi connectivity index (χ1v) is 8.99. The molecular formula is C21H24FNO3. The molecule has 2 aromatic carbocycles. The van der Waals surface area contributed by atoms with Gasteiger partial charge in [0.05, 0.1) is 26.4 Å². The number of piperidine rings is 1. The van der Waals surface area contributed by atoms with E-state index < -0.39 is 0 Å². The summed E-state index contributed by atoms with van der Waals surface area (Å²) in [5, 5.41) is 0. The van der Waals surface area contributed by atoms with Crippen LogP contribution < -0.4 is 9.47 Å². The van der Waals surface area contributed by atoms with Crippen molar-refractivity contribution in [2.45, 2.75) is 31.1 Å². The molecule has 2 aromatic rings. The maximum Gasteiger partial charge on any atom is 0.161 e. The van der Waals surface area contributed by atoms with Gasteiger partial charge in [-0.3, -0.25) is 4.90 Å². The summed E-state index contributed by atoms with van der Waals surface area (Å²) < 4.78 is 31.4. The highest BCUT2D eigenvalue weighted by Gasteiger charge is 2.41. The Labute approximate surface area is 153 Å². The molecule has 1 saturated heterocycles. The van der Waals surface area contributed by atoms with E-state index in [2.05, 4.69) is 18.0 Å². The molecule has 0 saturated carbocycles. The SMILES string of the molecule is COc1cc2c(cc1OC)[C@@H]1[C@@H](CCCN1C)OC2c1cccc(F)c1. The van der Waals surface area contributed by atoms with Crippen LogP contribution >= 0.6 is 0 Å². The van der Waals surface area contributed by atoms with Gasteiger partial charge in [-0.2, -0.15) is 0 Å². The van der Waals surface area contributed by atoms with E-state index in [1.165, 1.54) is 11.6 Å². The third-order valence-corrected chi connectivity index (χ3v) is 5.48. The lowest BCUT2D eigenvalue weighted by molar-refractivity contribution is -0.0794. The fraction of sp³-hybridized carbons (Fsp3) is 0.429. The number of rotatable bonds is 3. The van der Waals surface area contributed by atoms with Crippen LogP contribution in [0.15, 0.2) is 36.4 Å². The summed E-state index contributed by atoms with van der Waals surface area (Å²) in [5.74, 6) is 1.12. The van der Waals surface area contributed by atoms with Crippen LogP contribution in [0, 0.1) is 5.82 Å². The second kappa shape index (κ2) is 6.89. The largest absolute Gasteiger partial charge is 0.493 e. The lowest BCUT2D eigenvalue weighted by Gasteiger charge is -2.46. The molecule has 5 heteroatoms. The molecule has 0 aliphatic carbocycles. The fourth-order valence-electron chi connectivity index (χ4n) is 4.27. The summed E-state index contributed by atoms with van der Waals surface area (Å²) in [6.07, 6.45) is 1.85. The molecule has 0 radical (unpaired) electrons. The number of halogens is 1. The van der Waals surface area contributed by atoms with Gasteiger partial charge < -0.3 is 14.2 Å². The number of nitrogens with zero attached hydrogens (tertiary/aromatic N) is 1. The van der Waals surface area contributed by atoms with Crippen LogP contribution in [0.4, 0.5) is 4.39 Å². The zero-order valence-electron chi connectivity index (χ0n) is 15.4. The number of methoxy groups -OCH3 is 2. The zero-order valence-corrected chi connectivity index (χ0v) is 15.4.